The Hall–Kier alpha value is -2.28. The average Bonchev–Trinajstić information content (AvgIpc) is 3.31. The highest BCUT2D eigenvalue weighted by molar-refractivity contribution is 5.74. The van der Waals surface area contributed by atoms with Crippen LogP contribution in [0.25, 0.3) is 0 Å². The predicted molar refractivity (Wildman–Crippen MR) is 90.5 cm³/mol. The van der Waals surface area contributed by atoms with E-state index in [4.69, 9.17) is 4.42 Å². The molecule has 1 aliphatic rings. The minimum Gasteiger partial charge on any atom is -0.468 e. The third-order valence-corrected chi connectivity index (χ3v) is 4.31. The first-order valence-electron chi connectivity index (χ1n) is 8.51. The van der Waals surface area contributed by atoms with E-state index in [-0.39, 0.29) is 18.1 Å². The SMILES string of the molecule is C[C@H](Cn1cccn1)NC(=O)NC[C@@H](c1ccco1)N1CCCC1. The van der Waals surface area contributed by atoms with Gasteiger partial charge in [-0.25, -0.2) is 4.79 Å². The monoisotopic (exact) mass is 331 g/mol. The van der Waals surface area contributed by atoms with E-state index >= 15 is 0 Å². The number of aromatic nitrogens is 2. The van der Waals surface area contributed by atoms with Gasteiger partial charge in [0.25, 0.3) is 0 Å². The van der Waals surface area contributed by atoms with Crippen LogP contribution >= 0.6 is 0 Å². The number of amides is 2. The summed E-state index contributed by atoms with van der Waals surface area (Å²) in [7, 11) is 0. The topological polar surface area (TPSA) is 75.3 Å². The quantitative estimate of drug-likeness (QED) is 0.814. The molecule has 0 bridgehead atoms. The van der Waals surface area contributed by atoms with Gasteiger partial charge in [0, 0.05) is 25.0 Å². The molecule has 3 heterocycles. The zero-order chi connectivity index (χ0) is 16.8. The van der Waals surface area contributed by atoms with Crippen molar-refractivity contribution in [2.24, 2.45) is 0 Å². The summed E-state index contributed by atoms with van der Waals surface area (Å²) in [5.74, 6) is 0.904. The van der Waals surface area contributed by atoms with Crippen LogP contribution in [0.1, 0.15) is 31.6 Å². The predicted octanol–water partition coefficient (Wildman–Crippen LogP) is 2.00. The molecule has 3 rings (SSSR count). The van der Waals surface area contributed by atoms with Crippen LogP contribution in [0.2, 0.25) is 0 Å². The lowest BCUT2D eigenvalue weighted by Gasteiger charge is -2.26. The van der Waals surface area contributed by atoms with Crippen molar-refractivity contribution < 1.29 is 9.21 Å². The fourth-order valence-corrected chi connectivity index (χ4v) is 3.14. The lowest BCUT2D eigenvalue weighted by Crippen LogP contribution is -2.45. The number of hydrogen-bond acceptors (Lipinski definition) is 4. The first-order valence-corrected chi connectivity index (χ1v) is 8.51. The molecule has 2 aromatic rings. The Morgan fingerprint density at radius 2 is 2.21 bits per heavy atom. The van der Waals surface area contributed by atoms with Crippen molar-refractivity contribution in [3.8, 4) is 0 Å². The highest BCUT2D eigenvalue weighted by Crippen LogP contribution is 2.24. The Balaban J connectivity index is 1.49. The number of rotatable bonds is 7. The number of nitrogens with one attached hydrogen (secondary N) is 2. The average molecular weight is 331 g/mol. The Labute approximate surface area is 142 Å². The van der Waals surface area contributed by atoms with E-state index < -0.39 is 0 Å². The lowest BCUT2D eigenvalue weighted by molar-refractivity contribution is 0.202. The molecule has 7 nitrogen and oxygen atoms in total. The Morgan fingerprint density at radius 3 is 2.88 bits per heavy atom. The molecule has 0 aromatic carbocycles. The van der Waals surface area contributed by atoms with Crippen LogP contribution < -0.4 is 10.6 Å². The van der Waals surface area contributed by atoms with E-state index in [1.54, 1.807) is 17.1 Å². The molecule has 0 saturated carbocycles. The molecule has 0 spiro atoms. The third kappa shape index (κ3) is 4.38. The van der Waals surface area contributed by atoms with Gasteiger partial charge in [-0.3, -0.25) is 9.58 Å². The maximum absolute atomic E-state index is 12.2. The smallest absolute Gasteiger partial charge is 0.315 e. The molecular formula is C17H25N5O2. The molecule has 130 valence electrons. The van der Waals surface area contributed by atoms with Crippen molar-refractivity contribution in [1.82, 2.24) is 25.3 Å². The van der Waals surface area contributed by atoms with Crippen molar-refractivity contribution >= 4 is 6.03 Å². The second kappa shape index (κ2) is 8.01. The molecule has 2 aromatic heterocycles. The molecule has 1 aliphatic heterocycles. The number of hydrogen-bond donors (Lipinski definition) is 2. The van der Waals surface area contributed by atoms with Crippen LogP contribution in [-0.4, -0.2) is 46.4 Å². The fraction of sp³-hybridized carbons (Fsp3) is 0.529. The molecular weight excluding hydrogens is 306 g/mol. The van der Waals surface area contributed by atoms with Crippen LogP contribution in [0.5, 0.6) is 0 Å². The van der Waals surface area contributed by atoms with E-state index in [1.807, 2.05) is 31.3 Å². The van der Waals surface area contributed by atoms with E-state index in [2.05, 4.69) is 20.6 Å². The second-order valence-electron chi connectivity index (χ2n) is 6.26. The van der Waals surface area contributed by atoms with Gasteiger partial charge in [0.15, 0.2) is 0 Å². The summed E-state index contributed by atoms with van der Waals surface area (Å²) in [6.45, 7) is 5.24. The standard InChI is InChI=1S/C17H25N5O2/c1-14(13-22-10-5-7-19-22)20-17(23)18-12-15(16-6-4-11-24-16)21-8-2-3-9-21/h4-7,10-11,14-15H,2-3,8-9,12-13H2,1H3,(H2,18,20,23)/t14-,15+/m1/s1. The number of carbonyl (C=O) groups excluding carboxylic acids is 1. The summed E-state index contributed by atoms with van der Waals surface area (Å²) in [6, 6.07) is 5.67. The van der Waals surface area contributed by atoms with Crippen LogP contribution in [-0.2, 0) is 6.54 Å². The number of carbonyl (C=O) groups is 1. The van der Waals surface area contributed by atoms with E-state index in [0.29, 0.717) is 13.1 Å². The van der Waals surface area contributed by atoms with Gasteiger partial charge in [-0.1, -0.05) is 0 Å². The van der Waals surface area contributed by atoms with Gasteiger partial charge in [-0.05, 0) is 51.1 Å². The summed E-state index contributed by atoms with van der Waals surface area (Å²) in [6.07, 6.45) is 7.70. The summed E-state index contributed by atoms with van der Waals surface area (Å²) in [5.41, 5.74) is 0. The highest BCUT2D eigenvalue weighted by atomic mass is 16.3. The zero-order valence-electron chi connectivity index (χ0n) is 14.0. The van der Waals surface area contributed by atoms with Crippen LogP contribution in [0.3, 0.4) is 0 Å². The molecule has 0 unspecified atom stereocenters. The molecule has 2 amide bonds. The molecule has 0 radical (unpaired) electrons. The molecule has 0 aliphatic carbocycles. The molecule has 7 heteroatoms. The second-order valence-corrected chi connectivity index (χ2v) is 6.26. The Kier molecular flexibility index (Phi) is 5.53. The summed E-state index contributed by atoms with van der Waals surface area (Å²) in [5, 5.41) is 10.1. The van der Waals surface area contributed by atoms with Gasteiger partial charge in [0.05, 0.1) is 18.8 Å². The molecule has 1 saturated heterocycles. The minimum atomic E-state index is -0.162. The molecule has 2 N–H and O–H groups in total. The van der Waals surface area contributed by atoms with Gasteiger partial charge in [-0.15, -0.1) is 0 Å². The largest absolute Gasteiger partial charge is 0.468 e. The van der Waals surface area contributed by atoms with Gasteiger partial charge < -0.3 is 15.1 Å². The summed E-state index contributed by atoms with van der Waals surface area (Å²) < 4.78 is 7.37. The number of furan rings is 1. The van der Waals surface area contributed by atoms with Crippen LogP contribution in [0.4, 0.5) is 4.79 Å². The molecule has 24 heavy (non-hydrogen) atoms. The highest BCUT2D eigenvalue weighted by Gasteiger charge is 2.26. The van der Waals surface area contributed by atoms with Gasteiger partial charge >= 0.3 is 6.03 Å². The van der Waals surface area contributed by atoms with Crippen LogP contribution in [0.15, 0.2) is 41.3 Å². The normalized spacial score (nSPS) is 17.5. The third-order valence-electron chi connectivity index (χ3n) is 4.31. The van der Waals surface area contributed by atoms with Crippen molar-refractivity contribution in [2.45, 2.75) is 38.4 Å². The van der Waals surface area contributed by atoms with E-state index in [1.165, 1.54) is 12.8 Å². The van der Waals surface area contributed by atoms with Crippen molar-refractivity contribution in [1.29, 1.82) is 0 Å². The maximum atomic E-state index is 12.2. The fourth-order valence-electron chi connectivity index (χ4n) is 3.14. The van der Waals surface area contributed by atoms with Crippen molar-refractivity contribution in [3.05, 3.63) is 42.6 Å². The molecule has 2 atom stereocenters. The van der Waals surface area contributed by atoms with E-state index in [0.717, 1.165) is 18.8 Å². The maximum Gasteiger partial charge on any atom is 0.315 e. The first kappa shape index (κ1) is 16.6. The Bertz CT molecular complexity index is 605. The zero-order valence-corrected chi connectivity index (χ0v) is 14.0. The number of likely N-dealkylation sites (tertiary alicyclic amines) is 1. The van der Waals surface area contributed by atoms with Crippen molar-refractivity contribution in [3.63, 3.8) is 0 Å². The van der Waals surface area contributed by atoms with Crippen LogP contribution in [0, 0.1) is 0 Å². The summed E-state index contributed by atoms with van der Waals surface area (Å²) >= 11 is 0. The minimum absolute atomic E-state index is 0.00116. The van der Waals surface area contributed by atoms with Gasteiger partial charge in [0.2, 0.25) is 0 Å². The lowest BCUT2D eigenvalue weighted by atomic mass is 10.2. The molecule has 1 fully saturated rings. The summed E-state index contributed by atoms with van der Waals surface area (Å²) in [4.78, 5) is 14.5. The number of urea groups is 1. The van der Waals surface area contributed by atoms with Gasteiger partial charge in [0.1, 0.15) is 5.76 Å². The van der Waals surface area contributed by atoms with E-state index in [9.17, 15) is 4.79 Å². The number of nitrogens with zero attached hydrogens (tertiary/aromatic N) is 3. The first-order chi connectivity index (χ1) is 11.7. The van der Waals surface area contributed by atoms with Crippen molar-refractivity contribution in [2.75, 3.05) is 19.6 Å². The van der Waals surface area contributed by atoms with Gasteiger partial charge in [-0.2, -0.15) is 5.10 Å². The Morgan fingerprint density at radius 1 is 1.38 bits per heavy atom.